The van der Waals surface area contributed by atoms with E-state index in [2.05, 4.69) is 20.4 Å². The Morgan fingerprint density at radius 3 is 2.52 bits per heavy atom. The average molecular weight is 608 g/mol. The SMILES string of the molecule is O=C(Cn1nc2c(c1C(F)F)C1CC1C2(F)F)N[C@@H](Cc1cc(F)cc(F)c1)c1ncccc1-c1ccc2ncccc2c1. The highest BCUT2D eigenvalue weighted by Crippen LogP contribution is 2.67. The molecule has 2 aromatic carbocycles. The van der Waals surface area contributed by atoms with E-state index in [-0.39, 0.29) is 24.0 Å². The summed E-state index contributed by atoms with van der Waals surface area (Å²) >= 11 is 0. The van der Waals surface area contributed by atoms with E-state index in [0.29, 0.717) is 15.9 Å². The largest absolute Gasteiger partial charge is 0.346 e. The smallest absolute Gasteiger partial charge is 0.295 e. The maximum Gasteiger partial charge on any atom is 0.295 e. The standard InChI is InChI=1S/C32H23F6N5O/c33-19-9-16(10-20(34)13-19)11-25(28-21(4-2-8-40-28)17-5-6-24-18(12-17)3-1-7-39-24)41-26(44)15-43-29(31(35)36)27-22-14-23(22)32(37,38)30(27)42-43/h1-10,12-13,22-23,25,31H,11,14-15H2,(H,41,44)/t22?,23?,25-/m0/s1. The van der Waals surface area contributed by atoms with E-state index in [1.807, 2.05) is 24.3 Å². The van der Waals surface area contributed by atoms with Crippen molar-refractivity contribution in [3.8, 4) is 11.1 Å². The first kappa shape index (κ1) is 28.1. The van der Waals surface area contributed by atoms with Crippen molar-refractivity contribution in [3.05, 3.63) is 113 Å². The normalized spacial score (nSPS) is 18.7. The van der Waals surface area contributed by atoms with E-state index < -0.39 is 65.7 Å². The van der Waals surface area contributed by atoms with Gasteiger partial charge < -0.3 is 5.32 Å². The van der Waals surface area contributed by atoms with Gasteiger partial charge in [-0.2, -0.15) is 13.9 Å². The zero-order valence-corrected chi connectivity index (χ0v) is 22.8. The van der Waals surface area contributed by atoms with E-state index in [0.717, 1.165) is 34.7 Å². The Bertz CT molecular complexity index is 1900. The van der Waals surface area contributed by atoms with E-state index in [1.54, 1.807) is 24.4 Å². The summed E-state index contributed by atoms with van der Waals surface area (Å²) in [5.41, 5.74) is 1.07. The van der Waals surface area contributed by atoms with Crippen LogP contribution in [0.4, 0.5) is 26.3 Å². The van der Waals surface area contributed by atoms with Crippen molar-refractivity contribution < 1.29 is 31.1 Å². The highest BCUT2D eigenvalue weighted by atomic mass is 19.3. The molecule has 3 aromatic heterocycles. The summed E-state index contributed by atoms with van der Waals surface area (Å²) in [7, 11) is 0. The molecule has 1 amide bonds. The molecule has 0 radical (unpaired) electrons. The minimum atomic E-state index is -3.34. The molecular weight excluding hydrogens is 584 g/mol. The second-order valence-electron chi connectivity index (χ2n) is 11.1. The van der Waals surface area contributed by atoms with Crippen molar-refractivity contribution in [2.24, 2.45) is 5.92 Å². The number of carbonyl (C=O) groups is 1. The van der Waals surface area contributed by atoms with Gasteiger partial charge in [-0.25, -0.2) is 17.6 Å². The molecule has 224 valence electrons. The molecule has 6 nitrogen and oxygen atoms in total. The Labute approximate surface area is 246 Å². The first-order valence-electron chi connectivity index (χ1n) is 13.9. The fourth-order valence-electron chi connectivity index (χ4n) is 6.28. The van der Waals surface area contributed by atoms with Crippen molar-refractivity contribution in [1.29, 1.82) is 0 Å². The number of nitrogens with one attached hydrogen (secondary N) is 1. The second kappa shape index (κ2) is 10.5. The molecule has 1 fully saturated rings. The number of alkyl halides is 4. The van der Waals surface area contributed by atoms with Crippen LogP contribution in [0, 0.1) is 17.6 Å². The van der Waals surface area contributed by atoms with Gasteiger partial charge in [0.15, 0.2) is 0 Å². The van der Waals surface area contributed by atoms with Gasteiger partial charge in [0.2, 0.25) is 5.91 Å². The zero-order chi connectivity index (χ0) is 30.7. The first-order valence-corrected chi connectivity index (χ1v) is 13.9. The first-order chi connectivity index (χ1) is 21.1. The Morgan fingerprint density at radius 1 is 1.00 bits per heavy atom. The van der Waals surface area contributed by atoms with Crippen LogP contribution in [0.1, 0.15) is 53.0 Å². The predicted octanol–water partition coefficient (Wildman–Crippen LogP) is 7.02. The van der Waals surface area contributed by atoms with Gasteiger partial charge in [0.05, 0.1) is 17.3 Å². The lowest BCUT2D eigenvalue weighted by atomic mass is 9.94. The molecule has 3 heterocycles. The van der Waals surface area contributed by atoms with Crippen LogP contribution in [0.25, 0.3) is 22.0 Å². The van der Waals surface area contributed by atoms with E-state index in [1.165, 1.54) is 6.20 Å². The third kappa shape index (κ3) is 4.87. The molecule has 0 aliphatic heterocycles. The Balaban J connectivity index is 1.25. The van der Waals surface area contributed by atoms with Gasteiger partial charge in [0.1, 0.15) is 29.6 Å². The quantitative estimate of drug-likeness (QED) is 0.193. The molecule has 0 saturated heterocycles. The van der Waals surface area contributed by atoms with Crippen LogP contribution in [0.5, 0.6) is 0 Å². The number of halogens is 6. The molecule has 2 unspecified atom stereocenters. The third-order valence-electron chi connectivity index (χ3n) is 8.25. The van der Waals surface area contributed by atoms with Crippen LogP contribution in [-0.4, -0.2) is 25.7 Å². The summed E-state index contributed by atoms with van der Waals surface area (Å²) in [5, 5.41) is 7.35. The molecule has 1 saturated carbocycles. The lowest BCUT2D eigenvalue weighted by Gasteiger charge is -2.22. The Kier molecular flexibility index (Phi) is 6.67. The molecular formula is C32H23F6N5O. The van der Waals surface area contributed by atoms with Crippen molar-refractivity contribution in [2.45, 2.75) is 43.7 Å². The van der Waals surface area contributed by atoms with Gasteiger partial charge in [-0.05, 0) is 66.3 Å². The number of amides is 1. The average Bonchev–Trinajstić information content (AvgIpc) is 3.65. The summed E-state index contributed by atoms with van der Waals surface area (Å²) in [6.45, 7) is -0.766. The summed E-state index contributed by atoms with van der Waals surface area (Å²) < 4.78 is 86.6. The van der Waals surface area contributed by atoms with E-state index in [4.69, 9.17) is 0 Å². The number of carbonyl (C=O) groups excluding carboxylic acids is 1. The fourth-order valence-corrected chi connectivity index (χ4v) is 6.28. The number of rotatable bonds is 8. The van der Waals surface area contributed by atoms with Crippen LogP contribution in [-0.2, 0) is 23.7 Å². The minimum Gasteiger partial charge on any atom is -0.346 e. The molecule has 2 aliphatic rings. The van der Waals surface area contributed by atoms with Gasteiger partial charge >= 0.3 is 0 Å². The summed E-state index contributed by atoms with van der Waals surface area (Å²) in [5.74, 6) is -7.53. The van der Waals surface area contributed by atoms with Crippen LogP contribution in [0.15, 0.2) is 73.1 Å². The fraction of sp³-hybridized carbons (Fsp3) is 0.250. The van der Waals surface area contributed by atoms with Crippen molar-refractivity contribution in [3.63, 3.8) is 0 Å². The van der Waals surface area contributed by atoms with Crippen LogP contribution >= 0.6 is 0 Å². The molecule has 7 rings (SSSR count). The minimum absolute atomic E-state index is 0.0944. The second-order valence-corrected chi connectivity index (χ2v) is 11.1. The number of hydrogen-bond acceptors (Lipinski definition) is 4. The maximum absolute atomic E-state index is 14.7. The number of nitrogens with zero attached hydrogens (tertiary/aromatic N) is 4. The number of aromatic nitrogens is 4. The van der Waals surface area contributed by atoms with Crippen LogP contribution < -0.4 is 5.32 Å². The molecule has 44 heavy (non-hydrogen) atoms. The van der Waals surface area contributed by atoms with Gasteiger partial charge in [-0.3, -0.25) is 19.4 Å². The maximum atomic E-state index is 14.7. The summed E-state index contributed by atoms with van der Waals surface area (Å²) in [6, 6.07) is 14.6. The lowest BCUT2D eigenvalue weighted by molar-refractivity contribution is -0.122. The van der Waals surface area contributed by atoms with Crippen LogP contribution in [0.3, 0.4) is 0 Å². The van der Waals surface area contributed by atoms with Gasteiger partial charge in [-0.15, -0.1) is 0 Å². The molecule has 2 aliphatic carbocycles. The molecule has 1 N–H and O–H groups in total. The van der Waals surface area contributed by atoms with Gasteiger partial charge in [0, 0.05) is 40.9 Å². The Morgan fingerprint density at radius 2 is 1.75 bits per heavy atom. The third-order valence-corrected chi connectivity index (χ3v) is 8.25. The van der Waals surface area contributed by atoms with Crippen molar-refractivity contribution >= 4 is 16.8 Å². The Hall–Kier alpha value is -4.74. The number of hydrogen-bond donors (Lipinski definition) is 1. The molecule has 3 atom stereocenters. The molecule has 0 spiro atoms. The van der Waals surface area contributed by atoms with Crippen LogP contribution in [0.2, 0.25) is 0 Å². The van der Waals surface area contributed by atoms with Gasteiger partial charge in [-0.1, -0.05) is 18.2 Å². The summed E-state index contributed by atoms with van der Waals surface area (Å²) in [6.07, 6.45) is 0.0213. The molecule has 5 aromatic rings. The highest BCUT2D eigenvalue weighted by molar-refractivity contribution is 5.85. The van der Waals surface area contributed by atoms with Crippen molar-refractivity contribution in [1.82, 2.24) is 25.1 Å². The van der Waals surface area contributed by atoms with Crippen molar-refractivity contribution in [2.75, 3.05) is 0 Å². The monoisotopic (exact) mass is 607 g/mol. The highest BCUT2D eigenvalue weighted by Gasteiger charge is 2.67. The predicted molar refractivity (Wildman–Crippen MR) is 148 cm³/mol. The number of pyridine rings is 2. The topological polar surface area (TPSA) is 72.7 Å². The molecule has 12 heteroatoms. The van der Waals surface area contributed by atoms with E-state index in [9.17, 15) is 31.1 Å². The summed E-state index contributed by atoms with van der Waals surface area (Å²) in [4.78, 5) is 22.2. The van der Waals surface area contributed by atoms with E-state index >= 15 is 0 Å². The van der Waals surface area contributed by atoms with Gasteiger partial charge in [0.25, 0.3) is 12.3 Å². The number of fused-ring (bicyclic) bond motifs is 4. The number of benzene rings is 2. The zero-order valence-electron chi connectivity index (χ0n) is 22.8. The molecule has 0 bridgehead atoms. The lowest BCUT2D eigenvalue weighted by Crippen LogP contribution is -2.34.